The smallest absolute Gasteiger partial charge is 0.258 e. The van der Waals surface area contributed by atoms with Crippen molar-refractivity contribution in [3.63, 3.8) is 0 Å². The number of nitro groups is 1. The van der Waals surface area contributed by atoms with Crippen molar-refractivity contribution in [1.29, 1.82) is 0 Å². The summed E-state index contributed by atoms with van der Waals surface area (Å²) in [6.07, 6.45) is 19.7. The third kappa shape index (κ3) is 6.32. The quantitative estimate of drug-likeness (QED) is 0.248. The van der Waals surface area contributed by atoms with E-state index < -0.39 is 0 Å². The SMILES string of the molecule is CCCCCC1CCC(C2CCC(CCc3ccc([N+](=O)[O-])cc3)CC2)CC1. The molecule has 28 heavy (non-hydrogen) atoms. The van der Waals surface area contributed by atoms with Crippen LogP contribution in [0.3, 0.4) is 0 Å². The number of rotatable bonds is 9. The summed E-state index contributed by atoms with van der Waals surface area (Å²) in [6.45, 7) is 2.30. The fourth-order valence-electron chi connectivity index (χ4n) is 5.73. The normalized spacial score (nSPS) is 28.2. The zero-order chi connectivity index (χ0) is 19.8. The van der Waals surface area contributed by atoms with Gasteiger partial charge in [-0.05, 0) is 67.8 Å². The molecule has 0 aromatic heterocycles. The molecule has 0 N–H and O–H groups in total. The van der Waals surface area contributed by atoms with Gasteiger partial charge >= 0.3 is 0 Å². The maximum atomic E-state index is 10.8. The minimum absolute atomic E-state index is 0.198. The Labute approximate surface area is 171 Å². The summed E-state index contributed by atoms with van der Waals surface area (Å²) >= 11 is 0. The van der Waals surface area contributed by atoms with Gasteiger partial charge in [0.05, 0.1) is 4.92 Å². The van der Waals surface area contributed by atoms with Crippen molar-refractivity contribution in [2.75, 3.05) is 0 Å². The van der Waals surface area contributed by atoms with Crippen LogP contribution in [0.5, 0.6) is 0 Å². The van der Waals surface area contributed by atoms with Gasteiger partial charge in [-0.25, -0.2) is 0 Å². The lowest BCUT2D eigenvalue weighted by molar-refractivity contribution is -0.384. The third-order valence-electron chi connectivity index (χ3n) is 7.65. The second-order valence-corrected chi connectivity index (χ2v) is 9.52. The first kappa shape index (κ1) is 21.3. The second kappa shape index (κ2) is 11.0. The van der Waals surface area contributed by atoms with Crippen molar-refractivity contribution in [2.45, 2.75) is 96.8 Å². The zero-order valence-corrected chi connectivity index (χ0v) is 17.8. The lowest BCUT2D eigenvalue weighted by Crippen LogP contribution is -2.26. The minimum atomic E-state index is -0.316. The van der Waals surface area contributed by atoms with Crippen LogP contribution >= 0.6 is 0 Å². The fourth-order valence-corrected chi connectivity index (χ4v) is 5.73. The predicted molar refractivity (Wildman–Crippen MR) is 116 cm³/mol. The molecular weight excluding hydrogens is 346 g/mol. The molecule has 3 nitrogen and oxygen atoms in total. The number of non-ortho nitro benzene ring substituents is 1. The van der Waals surface area contributed by atoms with Crippen LogP contribution in [0.2, 0.25) is 0 Å². The van der Waals surface area contributed by atoms with E-state index in [1.807, 2.05) is 12.1 Å². The van der Waals surface area contributed by atoms with Crippen molar-refractivity contribution < 1.29 is 4.92 Å². The first-order valence-corrected chi connectivity index (χ1v) is 11.9. The van der Waals surface area contributed by atoms with Crippen LogP contribution in [0.25, 0.3) is 0 Å². The van der Waals surface area contributed by atoms with Gasteiger partial charge in [-0.1, -0.05) is 70.4 Å². The van der Waals surface area contributed by atoms with Gasteiger partial charge in [0.2, 0.25) is 0 Å². The molecule has 0 heterocycles. The van der Waals surface area contributed by atoms with Crippen LogP contribution in [0.4, 0.5) is 5.69 Å². The van der Waals surface area contributed by atoms with Crippen LogP contribution in [-0.2, 0) is 6.42 Å². The highest BCUT2D eigenvalue weighted by Crippen LogP contribution is 2.43. The van der Waals surface area contributed by atoms with E-state index in [1.165, 1.54) is 89.0 Å². The lowest BCUT2D eigenvalue weighted by Gasteiger charge is -2.38. The van der Waals surface area contributed by atoms with E-state index >= 15 is 0 Å². The van der Waals surface area contributed by atoms with Crippen molar-refractivity contribution in [3.05, 3.63) is 39.9 Å². The van der Waals surface area contributed by atoms with Crippen LogP contribution in [0.15, 0.2) is 24.3 Å². The van der Waals surface area contributed by atoms with E-state index in [1.54, 1.807) is 12.1 Å². The Hall–Kier alpha value is -1.38. The number of nitro benzene ring substituents is 1. The van der Waals surface area contributed by atoms with E-state index in [9.17, 15) is 10.1 Å². The first-order valence-electron chi connectivity index (χ1n) is 11.9. The van der Waals surface area contributed by atoms with Gasteiger partial charge in [0.25, 0.3) is 5.69 Å². The molecule has 1 aromatic rings. The number of nitrogens with zero attached hydrogens (tertiary/aromatic N) is 1. The Kier molecular flexibility index (Phi) is 8.36. The Morgan fingerprint density at radius 1 is 0.821 bits per heavy atom. The summed E-state index contributed by atoms with van der Waals surface area (Å²) in [6, 6.07) is 7.15. The zero-order valence-electron chi connectivity index (χ0n) is 17.8. The lowest BCUT2D eigenvalue weighted by atomic mass is 9.68. The highest BCUT2D eigenvalue weighted by atomic mass is 16.6. The number of benzene rings is 1. The molecule has 0 aliphatic heterocycles. The molecule has 0 amide bonds. The van der Waals surface area contributed by atoms with Crippen molar-refractivity contribution in [1.82, 2.24) is 0 Å². The largest absolute Gasteiger partial charge is 0.269 e. The number of hydrogen-bond donors (Lipinski definition) is 0. The molecule has 0 saturated heterocycles. The predicted octanol–water partition coefficient (Wildman–Crippen LogP) is 7.72. The molecule has 0 unspecified atom stereocenters. The fraction of sp³-hybridized carbons (Fsp3) is 0.760. The summed E-state index contributed by atoms with van der Waals surface area (Å²) in [7, 11) is 0. The third-order valence-corrected chi connectivity index (χ3v) is 7.65. The summed E-state index contributed by atoms with van der Waals surface area (Å²) < 4.78 is 0. The summed E-state index contributed by atoms with van der Waals surface area (Å²) in [5.41, 5.74) is 1.44. The standard InChI is InChI=1S/C25H39NO2/c1-2-3-4-5-20-8-14-23(15-9-20)24-16-10-21(11-17-24)6-7-22-12-18-25(19-13-22)26(27)28/h12-13,18-21,23-24H,2-11,14-17H2,1H3. The maximum Gasteiger partial charge on any atom is 0.269 e. The Balaban J connectivity index is 1.33. The van der Waals surface area contributed by atoms with Crippen molar-refractivity contribution >= 4 is 5.69 Å². The van der Waals surface area contributed by atoms with E-state index in [2.05, 4.69) is 6.92 Å². The number of hydrogen-bond acceptors (Lipinski definition) is 2. The molecule has 3 rings (SSSR count). The maximum absolute atomic E-state index is 10.8. The summed E-state index contributed by atoms with van der Waals surface area (Å²) in [5, 5.41) is 10.8. The molecule has 3 heteroatoms. The molecule has 0 bridgehead atoms. The molecule has 2 fully saturated rings. The summed E-state index contributed by atoms with van der Waals surface area (Å²) in [5.74, 6) is 3.89. The van der Waals surface area contributed by atoms with Gasteiger partial charge in [0.15, 0.2) is 0 Å². The van der Waals surface area contributed by atoms with E-state index in [4.69, 9.17) is 0 Å². The van der Waals surface area contributed by atoms with Crippen molar-refractivity contribution in [3.8, 4) is 0 Å². The van der Waals surface area contributed by atoms with E-state index in [0.29, 0.717) is 0 Å². The molecule has 2 aliphatic carbocycles. The Bertz CT molecular complexity index is 581. The Morgan fingerprint density at radius 2 is 1.36 bits per heavy atom. The average Bonchev–Trinajstić information content (AvgIpc) is 2.74. The molecule has 0 spiro atoms. The highest BCUT2D eigenvalue weighted by Gasteiger charge is 2.30. The molecule has 0 atom stereocenters. The molecule has 2 aliphatic rings. The van der Waals surface area contributed by atoms with Crippen molar-refractivity contribution in [2.24, 2.45) is 23.7 Å². The van der Waals surface area contributed by atoms with Gasteiger partial charge in [-0.15, -0.1) is 0 Å². The van der Waals surface area contributed by atoms with E-state index in [-0.39, 0.29) is 10.6 Å². The highest BCUT2D eigenvalue weighted by molar-refractivity contribution is 5.32. The van der Waals surface area contributed by atoms with Crippen LogP contribution in [-0.4, -0.2) is 4.92 Å². The van der Waals surface area contributed by atoms with E-state index in [0.717, 1.165) is 30.1 Å². The average molecular weight is 386 g/mol. The summed E-state index contributed by atoms with van der Waals surface area (Å²) in [4.78, 5) is 10.4. The minimum Gasteiger partial charge on any atom is -0.258 e. The van der Waals surface area contributed by atoms with Crippen LogP contribution in [0.1, 0.15) is 96.0 Å². The van der Waals surface area contributed by atoms with Gasteiger partial charge in [0.1, 0.15) is 0 Å². The topological polar surface area (TPSA) is 43.1 Å². The number of unbranched alkanes of at least 4 members (excludes halogenated alkanes) is 2. The van der Waals surface area contributed by atoms with Gasteiger partial charge in [-0.2, -0.15) is 0 Å². The monoisotopic (exact) mass is 385 g/mol. The Morgan fingerprint density at radius 3 is 1.86 bits per heavy atom. The van der Waals surface area contributed by atoms with Gasteiger partial charge in [0, 0.05) is 12.1 Å². The molecular formula is C25H39NO2. The van der Waals surface area contributed by atoms with Crippen LogP contribution < -0.4 is 0 Å². The van der Waals surface area contributed by atoms with Gasteiger partial charge < -0.3 is 0 Å². The first-order chi connectivity index (χ1) is 13.7. The molecule has 2 saturated carbocycles. The molecule has 0 radical (unpaired) electrons. The second-order valence-electron chi connectivity index (χ2n) is 9.52. The van der Waals surface area contributed by atoms with Gasteiger partial charge in [-0.3, -0.25) is 10.1 Å². The molecule has 156 valence electrons. The molecule has 1 aromatic carbocycles. The van der Waals surface area contributed by atoms with Crippen LogP contribution in [0, 0.1) is 33.8 Å². The number of aryl methyl sites for hydroxylation is 1.